The summed E-state index contributed by atoms with van der Waals surface area (Å²) < 4.78 is 55.9. The van der Waals surface area contributed by atoms with Crippen LogP contribution in [0.4, 0.5) is 19.4 Å². The van der Waals surface area contributed by atoms with Gasteiger partial charge in [0, 0.05) is 39.2 Å². The number of halogens is 2. The second-order valence-electron chi connectivity index (χ2n) is 16.4. The largest absolute Gasteiger partial charge is 0.496 e. The molecule has 5 aliphatic rings. The van der Waals surface area contributed by atoms with Gasteiger partial charge in [-0.3, -0.25) is 9.88 Å². The summed E-state index contributed by atoms with van der Waals surface area (Å²) in [4.78, 5) is 45.4. The summed E-state index contributed by atoms with van der Waals surface area (Å²) in [5.41, 5.74) is 1.07. The van der Waals surface area contributed by atoms with Gasteiger partial charge < -0.3 is 29.2 Å². The number of esters is 1. The minimum Gasteiger partial charge on any atom is -0.496 e. The number of anilines is 1. The van der Waals surface area contributed by atoms with Crippen molar-refractivity contribution in [3.63, 3.8) is 0 Å². The summed E-state index contributed by atoms with van der Waals surface area (Å²) in [7, 11) is 1.49. The molecule has 0 saturated carbocycles. The number of methoxy groups -OCH3 is 1. The Morgan fingerprint density at radius 3 is 2.81 bits per heavy atom. The minimum atomic E-state index is -0.946. The van der Waals surface area contributed by atoms with Gasteiger partial charge in [0.15, 0.2) is 5.82 Å². The zero-order valence-corrected chi connectivity index (χ0v) is 32.9. The molecule has 1 amide bonds. The molecule has 12 nitrogen and oxygen atoms in total. The third kappa shape index (κ3) is 6.90. The Kier molecular flexibility index (Phi) is 9.77. The Morgan fingerprint density at radius 2 is 1.95 bits per heavy atom. The number of hydrogen-bond acceptors (Lipinski definition) is 11. The van der Waals surface area contributed by atoms with Gasteiger partial charge in [0.05, 0.1) is 30.2 Å². The number of carbonyl (C=O) groups excluding carboxylic acids is 2. The van der Waals surface area contributed by atoms with Gasteiger partial charge in [0.1, 0.15) is 46.9 Å². The number of alkyl carbamates (subject to hydrolysis) is 1. The standard InChI is InChI=1S/C44H46F2N6O6.H2/c1-26-9-4-13-33(55-3)34(26)40(53)58-30-19-28-11-5-10-27-12-6-18-56-42(54)50-43(2)14-7-16-51(24-43)39-32-22-47-37(31(20-30)35(27)28)36(46)38(32)48-41(49-39)57-25-44-15-8-17-52(44)23-29(45)21-44;/h4-5,9-11,13,19-20,22,29H,6-8,12,14-18,21,23-25H2,1-3H3,(H,50,54);1H/t29-,43-,44+;/m1./s1. The van der Waals surface area contributed by atoms with Crippen LogP contribution in [-0.4, -0.2) is 95.7 Å². The van der Waals surface area contributed by atoms with Crippen LogP contribution in [0.15, 0.2) is 54.7 Å². The lowest BCUT2D eigenvalue weighted by molar-refractivity contribution is 0.0730. The molecule has 3 atom stereocenters. The van der Waals surface area contributed by atoms with Crippen molar-refractivity contribution in [1.82, 2.24) is 25.2 Å². The van der Waals surface area contributed by atoms with Crippen molar-refractivity contribution in [2.24, 2.45) is 0 Å². The van der Waals surface area contributed by atoms with E-state index in [9.17, 15) is 14.0 Å². The van der Waals surface area contributed by atoms with Crippen molar-refractivity contribution in [3.8, 4) is 28.8 Å². The fourth-order valence-electron chi connectivity index (χ4n) is 9.56. The van der Waals surface area contributed by atoms with Crippen LogP contribution in [-0.2, 0) is 11.2 Å². The van der Waals surface area contributed by atoms with E-state index in [4.69, 9.17) is 33.9 Å². The van der Waals surface area contributed by atoms with E-state index in [0.717, 1.165) is 31.4 Å². The van der Waals surface area contributed by atoms with Crippen molar-refractivity contribution >= 4 is 39.6 Å². The highest BCUT2D eigenvalue weighted by Crippen LogP contribution is 2.42. The van der Waals surface area contributed by atoms with Crippen LogP contribution in [0.25, 0.3) is 32.9 Å². The first kappa shape index (κ1) is 37.9. The van der Waals surface area contributed by atoms with Crippen molar-refractivity contribution in [1.29, 1.82) is 0 Å². The number of nitrogens with zero attached hydrogens (tertiary/aromatic N) is 5. The van der Waals surface area contributed by atoms with E-state index in [1.807, 2.05) is 30.0 Å². The molecule has 58 heavy (non-hydrogen) atoms. The Bertz CT molecular complexity index is 2460. The van der Waals surface area contributed by atoms with E-state index in [1.54, 1.807) is 43.5 Å². The maximum absolute atomic E-state index is 17.6. The highest BCUT2D eigenvalue weighted by atomic mass is 19.1. The van der Waals surface area contributed by atoms with E-state index >= 15 is 4.39 Å². The third-order valence-electron chi connectivity index (χ3n) is 12.3. The first-order chi connectivity index (χ1) is 28.0. The van der Waals surface area contributed by atoms with E-state index in [-0.39, 0.29) is 43.2 Å². The molecule has 5 aromatic rings. The van der Waals surface area contributed by atoms with Crippen LogP contribution < -0.4 is 24.4 Å². The van der Waals surface area contributed by atoms with Gasteiger partial charge in [-0.25, -0.2) is 18.4 Å². The predicted octanol–water partition coefficient (Wildman–Crippen LogP) is 7.75. The predicted molar refractivity (Wildman–Crippen MR) is 216 cm³/mol. The minimum absolute atomic E-state index is 0. The number of fused-ring (bicyclic) bond motifs is 7. The van der Waals surface area contributed by atoms with Crippen LogP contribution in [0.3, 0.4) is 0 Å². The van der Waals surface area contributed by atoms with Crippen molar-refractivity contribution in [2.45, 2.75) is 76.0 Å². The molecular formula is C44H48F2N6O6. The highest BCUT2D eigenvalue weighted by molar-refractivity contribution is 6.03. The highest BCUT2D eigenvalue weighted by Gasteiger charge is 2.49. The number of ether oxygens (including phenoxy) is 4. The number of pyridine rings is 1. The SMILES string of the molecule is COc1cccc(C)c1C(=O)Oc1cc2c3c(cccc3c1)CCCOC(=O)N[C@]1(C)CCCN(C1)c1nc(OC[C@@]34CCCN3C[C@H](F)C4)nc3c(F)c-2ncc13.[HH]. The van der Waals surface area contributed by atoms with E-state index < -0.39 is 35.1 Å². The van der Waals surface area contributed by atoms with Gasteiger partial charge in [0.25, 0.3) is 0 Å². The van der Waals surface area contributed by atoms with Gasteiger partial charge >= 0.3 is 18.1 Å². The molecule has 3 aromatic carbocycles. The van der Waals surface area contributed by atoms with E-state index in [2.05, 4.69) is 10.2 Å². The molecule has 10 rings (SSSR count). The monoisotopic (exact) mass is 794 g/mol. The lowest BCUT2D eigenvalue weighted by atomic mass is 9.91. The molecule has 0 aliphatic carbocycles. The number of rotatable bonds is 6. The number of hydrogen-bond donors (Lipinski definition) is 1. The maximum Gasteiger partial charge on any atom is 0.407 e. The lowest BCUT2D eigenvalue weighted by Crippen LogP contribution is -2.57. The quantitative estimate of drug-likeness (QED) is 0.134. The number of benzene rings is 3. The zero-order valence-electron chi connectivity index (χ0n) is 32.9. The number of carbonyl (C=O) groups is 2. The first-order valence-corrected chi connectivity index (χ1v) is 20.0. The summed E-state index contributed by atoms with van der Waals surface area (Å²) in [5.74, 6) is -0.351. The van der Waals surface area contributed by atoms with Crippen molar-refractivity contribution in [3.05, 3.63) is 77.2 Å². The second kappa shape index (κ2) is 14.9. The number of alkyl halides is 1. The van der Waals surface area contributed by atoms with Crippen molar-refractivity contribution in [2.75, 3.05) is 51.4 Å². The molecule has 304 valence electrons. The Balaban J connectivity index is 0.00000484. The summed E-state index contributed by atoms with van der Waals surface area (Å²) in [6.45, 7) is 6.19. The van der Waals surface area contributed by atoms with Crippen LogP contribution in [0.5, 0.6) is 17.5 Å². The molecule has 3 fully saturated rings. The molecule has 6 bridgehead atoms. The Morgan fingerprint density at radius 1 is 1.10 bits per heavy atom. The molecule has 0 radical (unpaired) electrons. The molecule has 5 aliphatic heterocycles. The smallest absolute Gasteiger partial charge is 0.407 e. The van der Waals surface area contributed by atoms with Crippen LogP contribution in [0, 0.1) is 12.7 Å². The van der Waals surface area contributed by atoms with Crippen LogP contribution >= 0.6 is 0 Å². The van der Waals surface area contributed by atoms with Gasteiger partial charge in [-0.1, -0.05) is 30.3 Å². The average molecular weight is 795 g/mol. The Hall–Kier alpha value is -5.63. The summed E-state index contributed by atoms with van der Waals surface area (Å²) in [5, 5.41) is 4.85. The average Bonchev–Trinajstić information content (AvgIpc) is 3.73. The number of piperidine rings is 1. The number of amides is 1. The van der Waals surface area contributed by atoms with E-state index in [1.165, 1.54) is 7.11 Å². The zero-order chi connectivity index (χ0) is 40.2. The lowest BCUT2D eigenvalue weighted by Gasteiger charge is -2.41. The maximum atomic E-state index is 17.6. The third-order valence-corrected chi connectivity index (χ3v) is 12.3. The van der Waals surface area contributed by atoms with Crippen LogP contribution in [0.2, 0.25) is 0 Å². The normalized spacial score (nSPS) is 23.4. The first-order valence-electron chi connectivity index (χ1n) is 20.0. The molecule has 2 aromatic heterocycles. The van der Waals surface area contributed by atoms with Gasteiger partial charge in [-0.2, -0.15) is 9.97 Å². The summed E-state index contributed by atoms with van der Waals surface area (Å²) >= 11 is 0. The molecule has 3 saturated heterocycles. The molecule has 0 spiro atoms. The molecule has 1 N–H and O–H groups in total. The Labute approximate surface area is 336 Å². The summed E-state index contributed by atoms with van der Waals surface area (Å²) in [6, 6.07) is 14.3. The second-order valence-corrected chi connectivity index (χ2v) is 16.4. The fraction of sp³-hybridized carbons (Fsp3) is 0.432. The topological polar surface area (TPSA) is 128 Å². The number of aromatic nitrogens is 3. The van der Waals surface area contributed by atoms with Gasteiger partial charge in [-0.15, -0.1) is 0 Å². The van der Waals surface area contributed by atoms with Gasteiger partial charge in [-0.05, 0) is 99.0 Å². The fourth-order valence-corrected chi connectivity index (χ4v) is 9.56. The molecular weight excluding hydrogens is 747 g/mol. The van der Waals surface area contributed by atoms with Crippen LogP contribution in [0.1, 0.15) is 68.4 Å². The molecule has 14 heteroatoms. The number of nitrogens with one attached hydrogen (secondary N) is 1. The van der Waals surface area contributed by atoms with Gasteiger partial charge in [0.2, 0.25) is 0 Å². The molecule has 0 unspecified atom stereocenters. The van der Waals surface area contributed by atoms with Crippen molar-refractivity contribution < 1.29 is 38.7 Å². The molecule has 7 heterocycles. The number of aryl methyl sites for hydroxylation is 2. The summed E-state index contributed by atoms with van der Waals surface area (Å²) in [6.07, 6.45) is 4.62. The van der Waals surface area contributed by atoms with E-state index in [0.29, 0.717) is 84.2 Å².